The average molecular weight is 511 g/mol. The SMILES string of the molecule is O=C(Nc1cnn(Cc2cccc(Cl)c2)c1)c1ccc(COc2c(Cl)cc(Cl)cc2Cl)o1. The zero-order chi connectivity index (χ0) is 22.7. The fraction of sp³-hybridized carbons (Fsp3) is 0.0909. The molecule has 0 unspecified atom stereocenters. The molecule has 0 saturated carbocycles. The van der Waals surface area contributed by atoms with E-state index < -0.39 is 5.91 Å². The third kappa shape index (κ3) is 5.58. The first kappa shape index (κ1) is 22.6. The van der Waals surface area contributed by atoms with E-state index in [2.05, 4.69) is 10.4 Å². The summed E-state index contributed by atoms with van der Waals surface area (Å²) in [5, 5.41) is 8.62. The average Bonchev–Trinajstić information content (AvgIpc) is 3.37. The van der Waals surface area contributed by atoms with E-state index in [9.17, 15) is 4.79 Å². The second-order valence-electron chi connectivity index (χ2n) is 6.76. The maximum Gasteiger partial charge on any atom is 0.291 e. The fourth-order valence-electron chi connectivity index (χ4n) is 2.92. The van der Waals surface area contributed by atoms with Gasteiger partial charge >= 0.3 is 0 Å². The Morgan fingerprint density at radius 1 is 1.03 bits per heavy atom. The van der Waals surface area contributed by atoms with E-state index in [1.54, 1.807) is 35.3 Å². The van der Waals surface area contributed by atoms with Crippen LogP contribution in [0.3, 0.4) is 0 Å². The molecule has 6 nitrogen and oxygen atoms in total. The monoisotopic (exact) mass is 509 g/mol. The van der Waals surface area contributed by atoms with Crippen LogP contribution >= 0.6 is 46.4 Å². The molecule has 164 valence electrons. The molecule has 4 aromatic rings. The number of halogens is 4. The number of benzene rings is 2. The normalized spacial score (nSPS) is 10.9. The maximum absolute atomic E-state index is 12.5. The van der Waals surface area contributed by atoms with Gasteiger partial charge in [-0.15, -0.1) is 0 Å². The standard InChI is InChI=1S/C22H15Cl4N3O3/c23-14-3-1-2-13(6-14)10-29-11-16(9-27-29)28-22(30)20-5-4-17(32-20)12-31-21-18(25)7-15(24)8-19(21)26/h1-9,11H,10,12H2,(H,28,30). The Morgan fingerprint density at radius 3 is 2.56 bits per heavy atom. The summed E-state index contributed by atoms with van der Waals surface area (Å²) in [6.45, 7) is 0.556. The van der Waals surface area contributed by atoms with Crippen molar-refractivity contribution in [1.82, 2.24) is 9.78 Å². The summed E-state index contributed by atoms with van der Waals surface area (Å²) in [5.74, 6) is 0.418. The lowest BCUT2D eigenvalue weighted by Gasteiger charge is -2.09. The number of ether oxygens (including phenoxy) is 1. The molecule has 0 radical (unpaired) electrons. The summed E-state index contributed by atoms with van der Waals surface area (Å²) < 4.78 is 12.9. The molecule has 32 heavy (non-hydrogen) atoms. The van der Waals surface area contributed by atoms with Gasteiger partial charge in [0.1, 0.15) is 12.4 Å². The van der Waals surface area contributed by atoms with E-state index in [1.807, 2.05) is 18.2 Å². The highest BCUT2D eigenvalue weighted by atomic mass is 35.5. The van der Waals surface area contributed by atoms with Gasteiger partial charge in [0.2, 0.25) is 0 Å². The predicted octanol–water partition coefficient (Wildman–Crippen LogP) is 6.97. The molecule has 2 aromatic carbocycles. The van der Waals surface area contributed by atoms with Gasteiger partial charge in [-0.1, -0.05) is 58.5 Å². The van der Waals surface area contributed by atoms with Crippen molar-refractivity contribution in [2.24, 2.45) is 0 Å². The second kappa shape index (κ2) is 9.88. The molecule has 0 aliphatic rings. The molecule has 0 spiro atoms. The van der Waals surface area contributed by atoms with Crippen LogP contribution in [0.5, 0.6) is 5.75 Å². The number of anilines is 1. The summed E-state index contributed by atoms with van der Waals surface area (Å²) in [6, 6.07) is 13.7. The summed E-state index contributed by atoms with van der Waals surface area (Å²) in [4.78, 5) is 12.5. The lowest BCUT2D eigenvalue weighted by Crippen LogP contribution is -2.10. The summed E-state index contributed by atoms with van der Waals surface area (Å²) in [6.07, 6.45) is 3.27. The fourth-order valence-corrected chi connectivity index (χ4v) is 4.06. The summed E-state index contributed by atoms with van der Waals surface area (Å²) in [7, 11) is 0. The quantitative estimate of drug-likeness (QED) is 0.291. The highest BCUT2D eigenvalue weighted by Gasteiger charge is 2.15. The van der Waals surface area contributed by atoms with Gasteiger partial charge in [-0.2, -0.15) is 5.10 Å². The molecule has 0 aliphatic heterocycles. The van der Waals surface area contributed by atoms with Crippen molar-refractivity contribution >= 4 is 58.0 Å². The number of aromatic nitrogens is 2. The smallest absolute Gasteiger partial charge is 0.291 e. The van der Waals surface area contributed by atoms with Gasteiger partial charge in [0.15, 0.2) is 11.5 Å². The van der Waals surface area contributed by atoms with Gasteiger partial charge in [0.25, 0.3) is 5.91 Å². The highest BCUT2D eigenvalue weighted by molar-refractivity contribution is 6.40. The Balaban J connectivity index is 1.36. The second-order valence-corrected chi connectivity index (χ2v) is 8.45. The zero-order valence-electron chi connectivity index (χ0n) is 16.3. The number of carbonyl (C=O) groups is 1. The first-order chi connectivity index (χ1) is 15.4. The number of nitrogens with zero attached hydrogens (tertiary/aromatic N) is 2. The molecule has 0 bridgehead atoms. The molecule has 1 amide bonds. The van der Waals surface area contributed by atoms with Gasteiger partial charge in [-0.05, 0) is 42.0 Å². The Morgan fingerprint density at radius 2 is 1.81 bits per heavy atom. The largest absolute Gasteiger partial charge is 0.483 e. The minimum absolute atomic E-state index is 0.0337. The van der Waals surface area contributed by atoms with Crippen LogP contribution in [-0.2, 0) is 13.2 Å². The van der Waals surface area contributed by atoms with Gasteiger partial charge in [-0.25, -0.2) is 0 Å². The lowest BCUT2D eigenvalue weighted by atomic mass is 10.2. The van der Waals surface area contributed by atoms with Crippen LogP contribution in [0.25, 0.3) is 0 Å². The zero-order valence-corrected chi connectivity index (χ0v) is 19.3. The first-order valence-corrected chi connectivity index (χ1v) is 10.8. The summed E-state index contributed by atoms with van der Waals surface area (Å²) >= 11 is 24.1. The Hall–Kier alpha value is -2.64. The number of rotatable bonds is 7. The number of carbonyl (C=O) groups excluding carboxylic acids is 1. The van der Waals surface area contributed by atoms with Crippen molar-refractivity contribution < 1.29 is 13.9 Å². The van der Waals surface area contributed by atoms with Crippen molar-refractivity contribution in [3.63, 3.8) is 0 Å². The number of hydrogen-bond acceptors (Lipinski definition) is 4. The van der Waals surface area contributed by atoms with Crippen LogP contribution in [0.4, 0.5) is 5.69 Å². The van der Waals surface area contributed by atoms with E-state index in [-0.39, 0.29) is 28.2 Å². The molecule has 0 atom stereocenters. The topological polar surface area (TPSA) is 69.3 Å². The van der Waals surface area contributed by atoms with E-state index in [0.717, 1.165) is 5.56 Å². The van der Waals surface area contributed by atoms with Crippen LogP contribution in [0.1, 0.15) is 21.9 Å². The molecule has 0 fully saturated rings. The minimum Gasteiger partial charge on any atom is -0.483 e. The first-order valence-electron chi connectivity index (χ1n) is 9.31. The number of furan rings is 1. The highest BCUT2D eigenvalue weighted by Crippen LogP contribution is 2.36. The van der Waals surface area contributed by atoms with Crippen molar-refractivity contribution in [3.8, 4) is 5.75 Å². The van der Waals surface area contributed by atoms with Crippen LogP contribution in [-0.4, -0.2) is 15.7 Å². The molecule has 2 aromatic heterocycles. The van der Waals surface area contributed by atoms with Crippen LogP contribution in [0.2, 0.25) is 20.1 Å². The van der Waals surface area contributed by atoms with E-state index >= 15 is 0 Å². The van der Waals surface area contributed by atoms with Crippen molar-refractivity contribution in [2.75, 3.05) is 5.32 Å². The maximum atomic E-state index is 12.5. The third-order valence-corrected chi connectivity index (χ3v) is 5.35. The lowest BCUT2D eigenvalue weighted by molar-refractivity contribution is 0.0992. The van der Waals surface area contributed by atoms with Crippen LogP contribution < -0.4 is 10.1 Å². The van der Waals surface area contributed by atoms with E-state index in [0.29, 0.717) is 28.0 Å². The summed E-state index contributed by atoms with van der Waals surface area (Å²) in [5.41, 5.74) is 1.53. The predicted molar refractivity (Wildman–Crippen MR) is 125 cm³/mol. The van der Waals surface area contributed by atoms with Gasteiger partial charge < -0.3 is 14.5 Å². The Kier molecular flexibility index (Phi) is 6.96. The van der Waals surface area contributed by atoms with Gasteiger partial charge in [-0.3, -0.25) is 9.48 Å². The Labute approximate surface area is 203 Å². The van der Waals surface area contributed by atoms with Crippen LogP contribution in [0, 0.1) is 0 Å². The van der Waals surface area contributed by atoms with E-state index in [4.69, 9.17) is 55.6 Å². The van der Waals surface area contributed by atoms with Crippen molar-refractivity contribution in [2.45, 2.75) is 13.2 Å². The number of hydrogen-bond donors (Lipinski definition) is 1. The third-order valence-electron chi connectivity index (χ3n) is 4.33. The van der Waals surface area contributed by atoms with Crippen molar-refractivity contribution in [3.05, 3.63) is 98.1 Å². The Bertz CT molecular complexity index is 1250. The van der Waals surface area contributed by atoms with Gasteiger partial charge in [0.05, 0.1) is 28.5 Å². The molecular weight excluding hydrogens is 496 g/mol. The molecule has 2 heterocycles. The molecular formula is C22H15Cl4N3O3. The van der Waals surface area contributed by atoms with E-state index in [1.165, 1.54) is 12.1 Å². The molecule has 0 aliphatic carbocycles. The molecule has 10 heteroatoms. The molecule has 1 N–H and O–H groups in total. The number of nitrogens with one attached hydrogen (secondary N) is 1. The van der Waals surface area contributed by atoms with Crippen LogP contribution in [0.15, 0.2) is 65.3 Å². The molecule has 4 rings (SSSR count). The minimum atomic E-state index is -0.416. The molecule has 0 saturated heterocycles. The van der Waals surface area contributed by atoms with Crippen molar-refractivity contribution in [1.29, 1.82) is 0 Å². The van der Waals surface area contributed by atoms with Gasteiger partial charge in [0, 0.05) is 16.2 Å². The number of amides is 1.